The Morgan fingerprint density at radius 1 is 1.33 bits per heavy atom. The van der Waals surface area contributed by atoms with Crippen molar-refractivity contribution in [3.05, 3.63) is 30.2 Å². The van der Waals surface area contributed by atoms with E-state index < -0.39 is 0 Å². The number of H-pyrrole nitrogens is 1. The molecule has 78 valence electrons. The molecule has 1 aromatic carbocycles. The number of fused-ring (bicyclic) bond motifs is 1. The fourth-order valence-electron chi connectivity index (χ4n) is 1.73. The van der Waals surface area contributed by atoms with Crippen LogP contribution in [0.25, 0.3) is 10.9 Å². The second-order valence-corrected chi connectivity index (χ2v) is 3.71. The normalized spacial score (nSPS) is 16.6. The highest BCUT2D eigenvalue weighted by Crippen LogP contribution is 2.28. The maximum Gasteiger partial charge on any atom is 0.148 e. The Morgan fingerprint density at radius 3 is 2.93 bits per heavy atom. The van der Waals surface area contributed by atoms with Crippen molar-refractivity contribution in [1.82, 2.24) is 10.3 Å². The van der Waals surface area contributed by atoms with Crippen molar-refractivity contribution in [2.45, 2.75) is 6.10 Å². The van der Waals surface area contributed by atoms with Crippen LogP contribution < -0.4 is 10.1 Å². The summed E-state index contributed by atoms with van der Waals surface area (Å²) in [7, 11) is 0. The summed E-state index contributed by atoms with van der Waals surface area (Å²) in [6.45, 7) is 1.67. The molecule has 2 heterocycles. The Kier molecular flexibility index (Phi) is 1.89. The molecule has 3 rings (SSSR count). The van der Waals surface area contributed by atoms with Crippen LogP contribution >= 0.6 is 0 Å². The van der Waals surface area contributed by atoms with Crippen molar-refractivity contribution in [3.8, 4) is 5.75 Å². The molecular weight excluding hydrogens is 195 g/mol. The molecule has 0 unspecified atom stereocenters. The molecule has 0 atom stereocenters. The first kappa shape index (κ1) is 8.73. The Bertz CT molecular complexity index is 490. The van der Waals surface area contributed by atoms with E-state index in [-0.39, 0.29) is 11.9 Å². The third-order valence-corrected chi connectivity index (χ3v) is 2.66. The molecule has 15 heavy (non-hydrogen) atoms. The minimum atomic E-state index is -0.240. The predicted molar refractivity (Wildman–Crippen MR) is 55.5 cm³/mol. The molecule has 2 N–H and O–H groups in total. The lowest BCUT2D eigenvalue weighted by atomic mass is 10.2. The van der Waals surface area contributed by atoms with Crippen LogP contribution in [0.2, 0.25) is 0 Å². The lowest BCUT2D eigenvalue weighted by Crippen LogP contribution is -2.50. The van der Waals surface area contributed by atoms with Gasteiger partial charge in [0.05, 0.1) is 10.9 Å². The Morgan fingerprint density at radius 2 is 2.20 bits per heavy atom. The SMILES string of the molecule is Fc1cccc2[nH]cc(OC3CNC3)c12. The van der Waals surface area contributed by atoms with Crippen LogP contribution in [0.4, 0.5) is 4.39 Å². The smallest absolute Gasteiger partial charge is 0.148 e. The van der Waals surface area contributed by atoms with Gasteiger partial charge in [0, 0.05) is 19.3 Å². The summed E-state index contributed by atoms with van der Waals surface area (Å²) in [4.78, 5) is 3.00. The van der Waals surface area contributed by atoms with Gasteiger partial charge in [0.15, 0.2) is 0 Å². The van der Waals surface area contributed by atoms with Crippen LogP contribution in [0.3, 0.4) is 0 Å². The first-order valence-electron chi connectivity index (χ1n) is 4.97. The van der Waals surface area contributed by atoms with Gasteiger partial charge in [-0.15, -0.1) is 0 Å². The van der Waals surface area contributed by atoms with Gasteiger partial charge >= 0.3 is 0 Å². The second-order valence-electron chi connectivity index (χ2n) is 3.71. The van der Waals surface area contributed by atoms with E-state index in [1.807, 2.05) is 6.07 Å². The molecule has 1 saturated heterocycles. The monoisotopic (exact) mass is 206 g/mol. The fraction of sp³-hybridized carbons (Fsp3) is 0.273. The first-order valence-corrected chi connectivity index (χ1v) is 4.97. The summed E-state index contributed by atoms with van der Waals surface area (Å²) >= 11 is 0. The summed E-state index contributed by atoms with van der Waals surface area (Å²) in [5, 5.41) is 3.65. The topological polar surface area (TPSA) is 37.0 Å². The van der Waals surface area contributed by atoms with Gasteiger partial charge in [-0.3, -0.25) is 0 Å². The van der Waals surface area contributed by atoms with E-state index in [0.29, 0.717) is 11.1 Å². The molecular formula is C11H11FN2O. The molecule has 2 aromatic rings. The van der Waals surface area contributed by atoms with Crippen LogP contribution in [-0.2, 0) is 0 Å². The maximum atomic E-state index is 13.5. The van der Waals surface area contributed by atoms with Gasteiger partial charge in [0.1, 0.15) is 17.7 Å². The molecule has 0 aliphatic carbocycles. The Labute approximate surface area is 86.2 Å². The van der Waals surface area contributed by atoms with Crippen LogP contribution in [0.15, 0.2) is 24.4 Å². The van der Waals surface area contributed by atoms with E-state index in [2.05, 4.69) is 10.3 Å². The standard InChI is InChI=1S/C11H11FN2O/c12-8-2-1-3-9-11(8)10(6-14-9)15-7-4-13-5-7/h1-3,6-7,13-14H,4-5H2. The number of halogens is 1. The number of nitrogens with one attached hydrogen (secondary N) is 2. The van der Waals surface area contributed by atoms with E-state index in [1.54, 1.807) is 12.3 Å². The highest BCUT2D eigenvalue weighted by molar-refractivity contribution is 5.86. The zero-order valence-electron chi connectivity index (χ0n) is 8.09. The molecule has 0 bridgehead atoms. The van der Waals surface area contributed by atoms with Crippen LogP contribution in [0, 0.1) is 5.82 Å². The quantitative estimate of drug-likeness (QED) is 0.784. The van der Waals surface area contributed by atoms with Crippen molar-refractivity contribution < 1.29 is 9.13 Å². The zero-order valence-corrected chi connectivity index (χ0v) is 8.09. The number of rotatable bonds is 2. The van der Waals surface area contributed by atoms with Crippen LogP contribution in [0.1, 0.15) is 0 Å². The number of hydrogen-bond acceptors (Lipinski definition) is 2. The highest BCUT2D eigenvalue weighted by Gasteiger charge is 2.20. The molecule has 1 aliphatic heterocycles. The van der Waals surface area contributed by atoms with E-state index in [0.717, 1.165) is 18.6 Å². The van der Waals surface area contributed by atoms with Crippen molar-refractivity contribution in [1.29, 1.82) is 0 Å². The van der Waals surface area contributed by atoms with E-state index in [4.69, 9.17) is 4.74 Å². The van der Waals surface area contributed by atoms with Crippen molar-refractivity contribution >= 4 is 10.9 Å². The van der Waals surface area contributed by atoms with Gasteiger partial charge in [0.2, 0.25) is 0 Å². The average molecular weight is 206 g/mol. The third-order valence-electron chi connectivity index (χ3n) is 2.66. The van der Waals surface area contributed by atoms with Crippen LogP contribution in [-0.4, -0.2) is 24.2 Å². The maximum absolute atomic E-state index is 13.5. The lowest BCUT2D eigenvalue weighted by Gasteiger charge is -2.27. The zero-order chi connectivity index (χ0) is 10.3. The molecule has 1 fully saturated rings. The molecule has 0 radical (unpaired) electrons. The lowest BCUT2D eigenvalue weighted by molar-refractivity contribution is 0.144. The summed E-state index contributed by atoms with van der Waals surface area (Å²) in [5.41, 5.74) is 0.775. The largest absolute Gasteiger partial charge is 0.485 e. The van der Waals surface area contributed by atoms with Gasteiger partial charge in [-0.25, -0.2) is 4.39 Å². The predicted octanol–water partition coefficient (Wildman–Crippen LogP) is 1.66. The van der Waals surface area contributed by atoms with Crippen molar-refractivity contribution in [3.63, 3.8) is 0 Å². The van der Waals surface area contributed by atoms with Crippen LogP contribution in [0.5, 0.6) is 5.75 Å². The van der Waals surface area contributed by atoms with Gasteiger partial charge < -0.3 is 15.0 Å². The van der Waals surface area contributed by atoms with Gasteiger partial charge in [-0.05, 0) is 12.1 Å². The summed E-state index contributed by atoms with van der Waals surface area (Å²) in [6, 6.07) is 4.97. The summed E-state index contributed by atoms with van der Waals surface area (Å²) in [6.07, 6.45) is 1.88. The first-order chi connectivity index (χ1) is 7.34. The minimum Gasteiger partial charge on any atom is -0.485 e. The number of benzene rings is 1. The molecule has 0 amide bonds. The summed E-state index contributed by atoms with van der Waals surface area (Å²) < 4.78 is 19.2. The average Bonchev–Trinajstić information content (AvgIpc) is 2.56. The van der Waals surface area contributed by atoms with Gasteiger partial charge in [-0.1, -0.05) is 6.07 Å². The van der Waals surface area contributed by atoms with E-state index in [9.17, 15) is 4.39 Å². The summed E-state index contributed by atoms with van der Waals surface area (Å²) in [5.74, 6) is 0.366. The molecule has 1 aliphatic rings. The molecule has 1 aromatic heterocycles. The number of aromatic amines is 1. The van der Waals surface area contributed by atoms with Crippen molar-refractivity contribution in [2.75, 3.05) is 13.1 Å². The highest BCUT2D eigenvalue weighted by atomic mass is 19.1. The number of aromatic nitrogens is 1. The second kappa shape index (κ2) is 3.24. The Hall–Kier alpha value is -1.55. The molecule has 4 heteroatoms. The van der Waals surface area contributed by atoms with E-state index in [1.165, 1.54) is 6.07 Å². The Balaban J connectivity index is 2.02. The molecule has 3 nitrogen and oxygen atoms in total. The van der Waals surface area contributed by atoms with Gasteiger partial charge in [-0.2, -0.15) is 0 Å². The number of hydrogen-bond donors (Lipinski definition) is 2. The minimum absolute atomic E-state index is 0.170. The fourth-order valence-corrected chi connectivity index (χ4v) is 1.73. The van der Waals surface area contributed by atoms with Gasteiger partial charge in [0.25, 0.3) is 0 Å². The molecule has 0 spiro atoms. The molecule has 0 saturated carbocycles. The van der Waals surface area contributed by atoms with Crippen molar-refractivity contribution in [2.24, 2.45) is 0 Å². The third kappa shape index (κ3) is 1.37. The number of ether oxygens (including phenoxy) is 1. The van der Waals surface area contributed by atoms with E-state index >= 15 is 0 Å².